The Labute approximate surface area is 130 Å². The maximum absolute atomic E-state index is 3.41. The molecule has 21 heavy (non-hydrogen) atoms. The van der Waals surface area contributed by atoms with Crippen molar-refractivity contribution >= 4 is 5.69 Å². The van der Waals surface area contributed by atoms with Crippen LogP contribution < -0.4 is 10.2 Å². The molecule has 0 radical (unpaired) electrons. The standard InChI is InChI=1S/C18H31N3/c1-4-19-10-6-8-17(3)20-11-13-21(14-12-20)18-9-5-7-16(2)15-18/h5,7,9,15,17,19H,4,6,8,10-14H2,1-3H3. The summed E-state index contributed by atoms with van der Waals surface area (Å²) in [7, 11) is 0. The monoisotopic (exact) mass is 289 g/mol. The fraction of sp³-hybridized carbons (Fsp3) is 0.667. The van der Waals surface area contributed by atoms with E-state index >= 15 is 0 Å². The Morgan fingerprint density at radius 1 is 1.19 bits per heavy atom. The molecule has 2 rings (SSSR count). The second-order valence-electron chi connectivity index (χ2n) is 6.21. The summed E-state index contributed by atoms with van der Waals surface area (Å²) in [5.74, 6) is 0. The van der Waals surface area contributed by atoms with E-state index in [-0.39, 0.29) is 0 Å². The normalized spacial score (nSPS) is 18.0. The average Bonchev–Trinajstić information content (AvgIpc) is 2.51. The van der Waals surface area contributed by atoms with Gasteiger partial charge in [0.05, 0.1) is 0 Å². The van der Waals surface area contributed by atoms with Crippen LogP contribution in [0.4, 0.5) is 5.69 Å². The zero-order valence-electron chi connectivity index (χ0n) is 13.9. The van der Waals surface area contributed by atoms with Crippen LogP contribution in [-0.4, -0.2) is 50.2 Å². The molecule has 1 aromatic rings. The topological polar surface area (TPSA) is 18.5 Å². The Morgan fingerprint density at radius 3 is 2.62 bits per heavy atom. The van der Waals surface area contributed by atoms with Gasteiger partial charge in [-0.2, -0.15) is 0 Å². The number of rotatable bonds is 7. The van der Waals surface area contributed by atoms with E-state index in [9.17, 15) is 0 Å². The lowest BCUT2D eigenvalue weighted by atomic mass is 10.1. The van der Waals surface area contributed by atoms with Crippen LogP contribution in [0.1, 0.15) is 32.3 Å². The predicted octanol–water partition coefficient (Wildman–Crippen LogP) is 2.90. The molecule has 0 aliphatic carbocycles. The van der Waals surface area contributed by atoms with E-state index in [1.54, 1.807) is 0 Å². The van der Waals surface area contributed by atoms with E-state index in [1.807, 2.05) is 0 Å². The number of piperazine rings is 1. The minimum absolute atomic E-state index is 0.711. The van der Waals surface area contributed by atoms with Gasteiger partial charge in [0.2, 0.25) is 0 Å². The Balaban J connectivity index is 1.75. The van der Waals surface area contributed by atoms with Gasteiger partial charge in [-0.25, -0.2) is 0 Å². The van der Waals surface area contributed by atoms with Gasteiger partial charge in [0, 0.05) is 37.9 Å². The van der Waals surface area contributed by atoms with Crippen LogP contribution >= 0.6 is 0 Å². The van der Waals surface area contributed by atoms with Crippen LogP contribution in [0.2, 0.25) is 0 Å². The SMILES string of the molecule is CCNCCCC(C)N1CCN(c2cccc(C)c2)CC1. The van der Waals surface area contributed by atoms with E-state index in [2.05, 4.69) is 60.2 Å². The zero-order chi connectivity index (χ0) is 15.1. The first-order valence-corrected chi connectivity index (χ1v) is 8.47. The number of benzene rings is 1. The second kappa shape index (κ2) is 8.40. The quantitative estimate of drug-likeness (QED) is 0.779. The lowest BCUT2D eigenvalue weighted by Gasteiger charge is -2.39. The predicted molar refractivity (Wildman–Crippen MR) is 92.2 cm³/mol. The first-order chi connectivity index (χ1) is 10.2. The highest BCUT2D eigenvalue weighted by Gasteiger charge is 2.20. The largest absolute Gasteiger partial charge is 0.369 e. The first-order valence-electron chi connectivity index (χ1n) is 8.47. The van der Waals surface area contributed by atoms with Crippen LogP contribution in [0.5, 0.6) is 0 Å². The molecule has 1 aliphatic rings. The van der Waals surface area contributed by atoms with E-state index in [1.165, 1.54) is 37.2 Å². The van der Waals surface area contributed by atoms with E-state index in [0.29, 0.717) is 6.04 Å². The van der Waals surface area contributed by atoms with Crippen LogP contribution in [0, 0.1) is 6.92 Å². The summed E-state index contributed by atoms with van der Waals surface area (Å²) in [4.78, 5) is 5.17. The van der Waals surface area contributed by atoms with E-state index in [4.69, 9.17) is 0 Å². The number of nitrogens with one attached hydrogen (secondary N) is 1. The Bertz CT molecular complexity index is 411. The minimum atomic E-state index is 0.711. The molecule has 0 bridgehead atoms. The van der Waals surface area contributed by atoms with Crippen molar-refractivity contribution in [1.82, 2.24) is 10.2 Å². The first kappa shape index (κ1) is 16.3. The highest BCUT2D eigenvalue weighted by molar-refractivity contribution is 5.48. The molecule has 1 heterocycles. The number of anilines is 1. The summed E-state index contributed by atoms with van der Waals surface area (Å²) >= 11 is 0. The fourth-order valence-corrected chi connectivity index (χ4v) is 3.13. The molecular weight excluding hydrogens is 258 g/mol. The fourth-order valence-electron chi connectivity index (χ4n) is 3.13. The van der Waals surface area contributed by atoms with Gasteiger partial charge in [-0.15, -0.1) is 0 Å². The van der Waals surface area contributed by atoms with Crippen molar-refractivity contribution in [3.8, 4) is 0 Å². The molecule has 1 saturated heterocycles. The number of hydrogen-bond acceptors (Lipinski definition) is 3. The molecule has 3 heteroatoms. The molecule has 118 valence electrons. The van der Waals surface area contributed by atoms with Gasteiger partial charge in [-0.05, 0) is 57.5 Å². The van der Waals surface area contributed by atoms with Gasteiger partial charge in [-0.3, -0.25) is 4.90 Å². The van der Waals surface area contributed by atoms with E-state index < -0.39 is 0 Å². The third-order valence-electron chi connectivity index (χ3n) is 4.53. The van der Waals surface area contributed by atoms with Gasteiger partial charge in [0.25, 0.3) is 0 Å². The molecule has 0 spiro atoms. The maximum Gasteiger partial charge on any atom is 0.0369 e. The third-order valence-corrected chi connectivity index (χ3v) is 4.53. The number of nitrogens with zero attached hydrogens (tertiary/aromatic N) is 2. The third kappa shape index (κ3) is 5.01. The number of hydrogen-bond donors (Lipinski definition) is 1. The maximum atomic E-state index is 3.41. The van der Waals surface area contributed by atoms with E-state index in [0.717, 1.165) is 26.2 Å². The summed E-state index contributed by atoms with van der Waals surface area (Å²) in [6, 6.07) is 9.59. The van der Waals surface area contributed by atoms with Crippen molar-refractivity contribution in [3.63, 3.8) is 0 Å². The summed E-state index contributed by atoms with van der Waals surface area (Å²) in [5, 5.41) is 3.41. The molecule has 0 aromatic heterocycles. The smallest absolute Gasteiger partial charge is 0.0369 e. The van der Waals surface area contributed by atoms with Gasteiger partial charge < -0.3 is 10.2 Å². The molecular formula is C18H31N3. The highest BCUT2D eigenvalue weighted by atomic mass is 15.3. The average molecular weight is 289 g/mol. The van der Waals surface area contributed by atoms with Crippen molar-refractivity contribution in [2.75, 3.05) is 44.2 Å². The molecule has 1 unspecified atom stereocenters. The molecule has 1 aliphatic heterocycles. The van der Waals surface area contributed by atoms with Crippen molar-refractivity contribution in [2.24, 2.45) is 0 Å². The Hall–Kier alpha value is -1.06. The molecule has 1 N–H and O–H groups in total. The van der Waals surface area contributed by atoms with Gasteiger partial charge in [0.1, 0.15) is 0 Å². The van der Waals surface area contributed by atoms with Crippen LogP contribution in [0.25, 0.3) is 0 Å². The molecule has 0 saturated carbocycles. The summed E-state index contributed by atoms with van der Waals surface area (Å²) < 4.78 is 0. The molecule has 3 nitrogen and oxygen atoms in total. The molecule has 0 amide bonds. The summed E-state index contributed by atoms with van der Waals surface area (Å²) in [6.07, 6.45) is 2.59. The van der Waals surface area contributed by atoms with Crippen LogP contribution in [-0.2, 0) is 0 Å². The zero-order valence-corrected chi connectivity index (χ0v) is 13.9. The lowest BCUT2D eigenvalue weighted by Crippen LogP contribution is -2.49. The van der Waals surface area contributed by atoms with Gasteiger partial charge in [-0.1, -0.05) is 19.1 Å². The highest BCUT2D eigenvalue weighted by Crippen LogP contribution is 2.19. The summed E-state index contributed by atoms with van der Waals surface area (Å²) in [5.41, 5.74) is 2.74. The van der Waals surface area contributed by atoms with Crippen molar-refractivity contribution in [1.29, 1.82) is 0 Å². The Kier molecular flexibility index (Phi) is 6.52. The van der Waals surface area contributed by atoms with Gasteiger partial charge in [0.15, 0.2) is 0 Å². The molecule has 1 atom stereocenters. The number of aryl methyl sites for hydroxylation is 1. The molecule has 1 fully saturated rings. The van der Waals surface area contributed by atoms with Crippen molar-refractivity contribution in [3.05, 3.63) is 29.8 Å². The molecule has 1 aromatic carbocycles. The lowest BCUT2D eigenvalue weighted by molar-refractivity contribution is 0.186. The van der Waals surface area contributed by atoms with Gasteiger partial charge >= 0.3 is 0 Å². The van der Waals surface area contributed by atoms with Crippen LogP contribution in [0.15, 0.2) is 24.3 Å². The minimum Gasteiger partial charge on any atom is -0.369 e. The summed E-state index contributed by atoms with van der Waals surface area (Å²) in [6.45, 7) is 13.7. The van der Waals surface area contributed by atoms with Crippen molar-refractivity contribution < 1.29 is 0 Å². The second-order valence-corrected chi connectivity index (χ2v) is 6.21. The van der Waals surface area contributed by atoms with Crippen LogP contribution in [0.3, 0.4) is 0 Å². The Morgan fingerprint density at radius 2 is 1.95 bits per heavy atom. The van der Waals surface area contributed by atoms with Crippen molar-refractivity contribution in [2.45, 2.75) is 39.7 Å².